The number of hydrogen-bond acceptors (Lipinski definition) is 5. The smallest absolute Gasteiger partial charge is 0.259 e. The Kier molecular flexibility index (Phi) is 5.80. The number of aryl methyl sites for hydroxylation is 2. The molecule has 3 heterocycles. The number of carbonyl (C=O) groups excluding carboxylic acids is 1. The van der Waals surface area contributed by atoms with Crippen LogP contribution in [0.1, 0.15) is 64.6 Å². The first-order valence-corrected chi connectivity index (χ1v) is 10.5. The minimum atomic E-state index is 0. The normalized spacial score (nSPS) is 19.0. The summed E-state index contributed by atoms with van der Waals surface area (Å²) in [5, 5.41) is 8.27. The molecule has 1 aromatic carbocycles. The third-order valence-corrected chi connectivity index (χ3v) is 6.14. The Labute approximate surface area is 182 Å². The molecule has 30 heavy (non-hydrogen) atoms. The lowest BCUT2D eigenvalue weighted by Crippen LogP contribution is -2.48. The Balaban J connectivity index is 0.00000218. The van der Waals surface area contributed by atoms with E-state index in [1.54, 1.807) is 0 Å². The van der Waals surface area contributed by atoms with Crippen molar-refractivity contribution in [3.8, 4) is 0 Å². The van der Waals surface area contributed by atoms with Crippen molar-refractivity contribution in [2.24, 2.45) is 0 Å². The lowest BCUT2D eigenvalue weighted by atomic mass is 9.99. The minimum Gasteiger partial charge on any atom is -0.336 e. The molecule has 0 radical (unpaired) electrons. The van der Waals surface area contributed by atoms with Crippen molar-refractivity contribution in [1.82, 2.24) is 20.4 Å². The van der Waals surface area contributed by atoms with E-state index in [0.717, 1.165) is 54.7 Å². The van der Waals surface area contributed by atoms with Gasteiger partial charge >= 0.3 is 0 Å². The van der Waals surface area contributed by atoms with Crippen LogP contribution in [0.25, 0.3) is 11.1 Å². The molecule has 3 aromatic rings. The molecule has 2 aromatic heterocycles. The zero-order valence-corrected chi connectivity index (χ0v) is 18.2. The largest absolute Gasteiger partial charge is 0.336 e. The summed E-state index contributed by atoms with van der Waals surface area (Å²) in [4.78, 5) is 20.4. The average Bonchev–Trinajstić information content (AvgIpc) is 3.56. The molecule has 6 nitrogen and oxygen atoms in total. The van der Waals surface area contributed by atoms with Gasteiger partial charge in [-0.1, -0.05) is 36.3 Å². The SMILES string of the molecule is CCc1ccc(C2CNCCN2C(=O)c2cc(C3CC3)nc3onc(C)c23)cc1.Cl. The number of fused-ring (bicyclic) bond motifs is 1. The van der Waals surface area contributed by atoms with Crippen molar-refractivity contribution in [3.05, 3.63) is 58.4 Å². The van der Waals surface area contributed by atoms with Gasteiger partial charge in [0.2, 0.25) is 0 Å². The van der Waals surface area contributed by atoms with Crippen molar-refractivity contribution in [2.45, 2.75) is 45.1 Å². The van der Waals surface area contributed by atoms with Crippen LogP contribution in [0.4, 0.5) is 0 Å². The van der Waals surface area contributed by atoms with Crippen molar-refractivity contribution in [3.63, 3.8) is 0 Å². The Morgan fingerprint density at radius 1 is 1.27 bits per heavy atom. The van der Waals surface area contributed by atoms with Crippen LogP contribution in [-0.4, -0.2) is 40.6 Å². The van der Waals surface area contributed by atoms with Gasteiger partial charge in [0.15, 0.2) is 0 Å². The summed E-state index contributed by atoms with van der Waals surface area (Å²) in [5.41, 5.74) is 5.30. The van der Waals surface area contributed by atoms with Gasteiger partial charge in [-0.25, -0.2) is 4.98 Å². The summed E-state index contributed by atoms with van der Waals surface area (Å²) in [6.45, 7) is 6.25. The molecule has 5 rings (SSSR count). The fraction of sp³-hybridized carbons (Fsp3) is 0.435. The van der Waals surface area contributed by atoms with Crippen molar-refractivity contribution >= 4 is 29.4 Å². The van der Waals surface area contributed by atoms with E-state index < -0.39 is 0 Å². The first-order chi connectivity index (χ1) is 14.2. The number of amides is 1. The summed E-state index contributed by atoms with van der Waals surface area (Å²) >= 11 is 0. The predicted molar refractivity (Wildman–Crippen MR) is 118 cm³/mol. The van der Waals surface area contributed by atoms with Gasteiger partial charge in [0.1, 0.15) is 0 Å². The predicted octanol–water partition coefficient (Wildman–Crippen LogP) is 4.18. The Hall–Kier alpha value is -2.44. The fourth-order valence-electron chi connectivity index (χ4n) is 4.25. The monoisotopic (exact) mass is 426 g/mol. The number of carbonyl (C=O) groups is 1. The molecule has 2 fully saturated rings. The highest BCUT2D eigenvalue weighted by Crippen LogP contribution is 2.41. The molecule has 1 unspecified atom stereocenters. The van der Waals surface area contributed by atoms with Gasteiger partial charge in [-0.2, -0.15) is 0 Å². The van der Waals surface area contributed by atoms with E-state index in [-0.39, 0.29) is 24.4 Å². The molecular weight excluding hydrogens is 400 g/mol. The number of hydrogen-bond donors (Lipinski definition) is 1. The number of benzene rings is 1. The number of aromatic nitrogens is 2. The van der Waals surface area contributed by atoms with Crippen LogP contribution < -0.4 is 5.32 Å². The number of pyridine rings is 1. The summed E-state index contributed by atoms with van der Waals surface area (Å²) < 4.78 is 5.44. The van der Waals surface area contributed by atoms with Crippen LogP contribution >= 0.6 is 12.4 Å². The molecule has 1 amide bonds. The van der Waals surface area contributed by atoms with E-state index >= 15 is 0 Å². The van der Waals surface area contributed by atoms with Gasteiger partial charge in [-0.3, -0.25) is 4.79 Å². The number of nitrogens with one attached hydrogen (secondary N) is 1. The molecule has 158 valence electrons. The second kappa shape index (κ2) is 8.36. The maximum absolute atomic E-state index is 13.8. The number of rotatable bonds is 4. The molecule has 1 aliphatic heterocycles. The Morgan fingerprint density at radius 2 is 2.03 bits per heavy atom. The number of nitrogens with zero attached hydrogens (tertiary/aromatic N) is 3. The molecule has 0 spiro atoms. The molecule has 1 saturated carbocycles. The zero-order chi connectivity index (χ0) is 20.0. The highest BCUT2D eigenvalue weighted by Gasteiger charge is 2.33. The van der Waals surface area contributed by atoms with Gasteiger partial charge in [-0.15, -0.1) is 12.4 Å². The second-order valence-electron chi connectivity index (χ2n) is 8.13. The summed E-state index contributed by atoms with van der Waals surface area (Å²) in [6, 6.07) is 10.6. The number of halogens is 1. The molecule has 1 atom stereocenters. The third-order valence-electron chi connectivity index (χ3n) is 6.14. The first-order valence-electron chi connectivity index (χ1n) is 10.5. The highest BCUT2D eigenvalue weighted by atomic mass is 35.5. The van der Waals surface area contributed by atoms with Gasteiger partial charge in [-0.05, 0) is 43.4 Å². The van der Waals surface area contributed by atoms with Crippen LogP contribution in [-0.2, 0) is 6.42 Å². The van der Waals surface area contributed by atoms with Crippen LogP contribution in [0.5, 0.6) is 0 Å². The third kappa shape index (κ3) is 3.70. The van der Waals surface area contributed by atoms with Crippen LogP contribution in [0.3, 0.4) is 0 Å². The van der Waals surface area contributed by atoms with E-state index in [1.165, 1.54) is 5.56 Å². The Morgan fingerprint density at radius 3 is 2.73 bits per heavy atom. The molecular formula is C23H27ClN4O2. The summed E-state index contributed by atoms with van der Waals surface area (Å²) in [6.07, 6.45) is 3.26. The van der Waals surface area contributed by atoms with Crippen molar-refractivity contribution in [1.29, 1.82) is 0 Å². The zero-order valence-electron chi connectivity index (χ0n) is 17.4. The van der Waals surface area contributed by atoms with Crippen LogP contribution in [0.15, 0.2) is 34.9 Å². The molecule has 1 saturated heterocycles. The molecule has 2 aliphatic rings. The van der Waals surface area contributed by atoms with Gasteiger partial charge in [0, 0.05) is 31.2 Å². The minimum absolute atomic E-state index is 0. The number of piperazine rings is 1. The fourth-order valence-corrected chi connectivity index (χ4v) is 4.25. The topological polar surface area (TPSA) is 71.3 Å². The molecule has 7 heteroatoms. The van der Waals surface area contributed by atoms with Crippen LogP contribution in [0.2, 0.25) is 0 Å². The van der Waals surface area contributed by atoms with Crippen molar-refractivity contribution < 1.29 is 9.32 Å². The molecule has 1 aliphatic carbocycles. The maximum atomic E-state index is 13.8. The lowest BCUT2D eigenvalue weighted by Gasteiger charge is -2.37. The van der Waals surface area contributed by atoms with Crippen molar-refractivity contribution in [2.75, 3.05) is 19.6 Å². The highest BCUT2D eigenvalue weighted by molar-refractivity contribution is 6.06. The average molecular weight is 427 g/mol. The van der Waals surface area contributed by atoms with E-state index in [4.69, 9.17) is 4.52 Å². The second-order valence-corrected chi connectivity index (χ2v) is 8.13. The van der Waals surface area contributed by atoms with Crippen LogP contribution in [0, 0.1) is 6.92 Å². The maximum Gasteiger partial charge on any atom is 0.259 e. The standard InChI is InChI=1S/C23H26N4O2.ClH/c1-3-15-4-6-17(7-5-15)20-13-24-10-11-27(20)23(28)18-12-19(16-8-9-16)25-22-21(18)14(2)26-29-22;/h4-7,12,16,20,24H,3,8-11,13H2,1-2H3;1H. The summed E-state index contributed by atoms with van der Waals surface area (Å²) in [5.74, 6) is 0.480. The molecule has 1 N–H and O–H groups in total. The van der Waals surface area contributed by atoms with E-state index in [0.29, 0.717) is 23.7 Å². The Bertz CT molecular complexity index is 1060. The first kappa shape index (κ1) is 20.8. The quantitative estimate of drug-likeness (QED) is 0.677. The van der Waals surface area contributed by atoms with E-state index in [9.17, 15) is 4.79 Å². The summed E-state index contributed by atoms with van der Waals surface area (Å²) in [7, 11) is 0. The molecule has 0 bridgehead atoms. The van der Waals surface area contributed by atoms with Gasteiger partial charge < -0.3 is 14.7 Å². The van der Waals surface area contributed by atoms with Gasteiger partial charge in [0.25, 0.3) is 11.6 Å². The van der Waals surface area contributed by atoms with E-state index in [1.807, 2.05) is 17.9 Å². The van der Waals surface area contributed by atoms with Gasteiger partial charge in [0.05, 0.1) is 22.7 Å². The van der Waals surface area contributed by atoms with E-state index in [2.05, 4.69) is 46.6 Å². The lowest BCUT2D eigenvalue weighted by molar-refractivity contribution is 0.0636.